The first-order valence-corrected chi connectivity index (χ1v) is 5.86. The Bertz CT molecular complexity index is 545. The topological polar surface area (TPSA) is 51.0 Å². The van der Waals surface area contributed by atoms with Crippen molar-refractivity contribution in [3.05, 3.63) is 28.5 Å². The zero-order valence-corrected chi connectivity index (χ0v) is 9.57. The van der Waals surface area contributed by atoms with Gasteiger partial charge in [0.05, 0.1) is 23.1 Å². The molecule has 0 radical (unpaired) electrons. The Kier molecular flexibility index (Phi) is 2.03. The van der Waals surface area contributed by atoms with Crippen LogP contribution >= 0.6 is 11.3 Å². The van der Waals surface area contributed by atoms with Crippen LogP contribution in [0.15, 0.2) is 17.9 Å². The summed E-state index contributed by atoms with van der Waals surface area (Å²) >= 11 is 1.41. The normalized spacial score (nSPS) is 15.3. The molecular weight excluding hydrogens is 224 g/mol. The lowest BCUT2D eigenvalue weighted by molar-refractivity contribution is 0.0984. The van der Waals surface area contributed by atoms with Gasteiger partial charge in [-0.2, -0.15) is 5.10 Å². The predicted molar refractivity (Wildman–Crippen MR) is 60.7 cm³/mol. The maximum atomic E-state index is 12.1. The molecular formula is C10H10N4OS. The summed E-state index contributed by atoms with van der Waals surface area (Å²) in [5.41, 5.74) is 3.51. The highest BCUT2D eigenvalue weighted by atomic mass is 32.1. The third-order valence-corrected chi connectivity index (χ3v) is 3.51. The minimum Gasteiger partial charge on any atom is -0.304 e. The summed E-state index contributed by atoms with van der Waals surface area (Å²) in [7, 11) is 1.84. The van der Waals surface area contributed by atoms with Gasteiger partial charge in [-0.25, -0.2) is 4.98 Å². The monoisotopic (exact) mass is 234 g/mol. The number of hydrogen-bond acceptors (Lipinski definition) is 4. The van der Waals surface area contributed by atoms with Crippen molar-refractivity contribution in [2.45, 2.75) is 6.42 Å². The highest BCUT2D eigenvalue weighted by Crippen LogP contribution is 2.25. The van der Waals surface area contributed by atoms with Crippen molar-refractivity contribution in [2.24, 2.45) is 7.05 Å². The molecule has 0 saturated carbocycles. The molecule has 0 N–H and O–H groups in total. The number of nitrogens with zero attached hydrogens (tertiary/aromatic N) is 4. The van der Waals surface area contributed by atoms with Gasteiger partial charge in [0.25, 0.3) is 5.91 Å². The quantitative estimate of drug-likeness (QED) is 0.742. The Morgan fingerprint density at radius 3 is 3.12 bits per heavy atom. The largest absolute Gasteiger partial charge is 0.304 e. The molecule has 0 unspecified atom stereocenters. The van der Waals surface area contributed by atoms with Gasteiger partial charge >= 0.3 is 0 Å². The van der Waals surface area contributed by atoms with Crippen molar-refractivity contribution in [3.8, 4) is 0 Å². The summed E-state index contributed by atoms with van der Waals surface area (Å²) in [4.78, 5) is 18.9. The fourth-order valence-electron chi connectivity index (χ4n) is 1.86. The molecule has 0 bridgehead atoms. The van der Waals surface area contributed by atoms with E-state index in [4.69, 9.17) is 0 Å². The van der Waals surface area contributed by atoms with Crippen LogP contribution in [-0.2, 0) is 13.5 Å². The summed E-state index contributed by atoms with van der Waals surface area (Å²) in [6.45, 7) is 0.682. The lowest BCUT2D eigenvalue weighted by Crippen LogP contribution is -2.36. The van der Waals surface area contributed by atoms with E-state index in [2.05, 4.69) is 10.1 Å². The van der Waals surface area contributed by atoms with Gasteiger partial charge in [-0.3, -0.25) is 9.48 Å². The molecule has 82 valence electrons. The smallest absolute Gasteiger partial charge is 0.270 e. The number of fused-ring (bicyclic) bond motifs is 1. The molecule has 0 saturated heterocycles. The molecule has 1 aliphatic rings. The van der Waals surface area contributed by atoms with Crippen LogP contribution in [0.5, 0.6) is 0 Å². The standard InChI is InChI=1S/C10H10N4OS/c1-13-5-7(4-12-13)14-3-2-8-9(10(14)15)16-6-11-8/h4-6H,2-3H2,1H3. The van der Waals surface area contributed by atoms with E-state index in [0.29, 0.717) is 6.54 Å². The second-order valence-electron chi connectivity index (χ2n) is 3.71. The molecule has 2 aromatic rings. The van der Waals surface area contributed by atoms with Gasteiger partial charge in [0, 0.05) is 26.2 Å². The van der Waals surface area contributed by atoms with Gasteiger partial charge in [0.2, 0.25) is 0 Å². The molecule has 0 fully saturated rings. The second-order valence-corrected chi connectivity index (χ2v) is 4.56. The maximum Gasteiger partial charge on any atom is 0.270 e. The summed E-state index contributed by atoms with van der Waals surface area (Å²) in [5.74, 6) is 0.0387. The molecule has 0 aliphatic carbocycles. The first-order chi connectivity index (χ1) is 7.75. The lowest BCUT2D eigenvalue weighted by atomic mass is 10.1. The minimum atomic E-state index is 0.0387. The van der Waals surface area contributed by atoms with E-state index in [9.17, 15) is 4.79 Å². The minimum absolute atomic E-state index is 0.0387. The number of thiazole rings is 1. The van der Waals surface area contributed by atoms with E-state index >= 15 is 0 Å². The number of rotatable bonds is 1. The zero-order chi connectivity index (χ0) is 11.1. The van der Waals surface area contributed by atoms with Gasteiger partial charge in [0.15, 0.2) is 0 Å². The number of anilines is 1. The first kappa shape index (κ1) is 9.53. The third kappa shape index (κ3) is 1.34. The molecule has 3 rings (SSSR count). The van der Waals surface area contributed by atoms with E-state index in [0.717, 1.165) is 22.7 Å². The van der Waals surface area contributed by atoms with Crippen molar-refractivity contribution in [2.75, 3.05) is 11.4 Å². The number of aromatic nitrogens is 3. The predicted octanol–water partition coefficient (Wildman–Crippen LogP) is 1.08. The van der Waals surface area contributed by atoms with Crippen LogP contribution in [0, 0.1) is 0 Å². The van der Waals surface area contributed by atoms with E-state index in [-0.39, 0.29) is 5.91 Å². The van der Waals surface area contributed by atoms with Crippen molar-refractivity contribution < 1.29 is 4.79 Å². The average Bonchev–Trinajstić information content (AvgIpc) is 2.87. The number of carbonyl (C=O) groups excluding carboxylic acids is 1. The maximum absolute atomic E-state index is 12.1. The van der Waals surface area contributed by atoms with Gasteiger partial charge < -0.3 is 4.90 Å². The van der Waals surface area contributed by atoms with Crippen LogP contribution in [0.2, 0.25) is 0 Å². The summed E-state index contributed by atoms with van der Waals surface area (Å²) in [6.07, 6.45) is 4.38. The zero-order valence-electron chi connectivity index (χ0n) is 8.75. The van der Waals surface area contributed by atoms with Gasteiger partial charge in [-0.15, -0.1) is 11.3 Å². The van der Waals surface area contributed by atoms with E-state index < -0.39 is 0 Å². The van der Waals surface area contributed by atoms with Crippen LogP contribution in [0.4, 0.5) is 5.69 Å². The Morgan fingerprint density at radius 2 is 2.38 bits per heavy atom. The van der Waals surface area contributed by atoms with Crippen molar-refractivity contribution >= 4 is 22.9 Å². The number of hydrogen-bond donors (Lipinski definition) is 0. The van der Waals surface area contributed by atoms with Gasteiger partial charge in [0.1, 0.15) is 4.88 Å². The Balaban J connectivity index is 1.98. The average molecular weight is 234 g/mol. The van der Waals surface area contributed by atoms with Crippen LogP contribution in [-0.4, -0.2) is 27.2 Å². The molecule has 2 aromatic heterocycles. The Hall–Kier alpha value is -1.69. The number of carbonyl (C=O) groups is 1. The summed E-state index contributed by atoms with van der Waals surface area (Å²) in [6, 6.07) is 0. The molecule has 3 heterocycles. The first-order valence-electron chi connectivity index (χ1n) is 4.98. The van der Waals surface area contributed by atoms with E-state index in [1.54, 1.807) is 21.3 Å². The number of aryl methyl sites for hydroxylation is 1. The summed E-state index contributed by atoms with van der Waals surface area (Å²) in [5, 5.41) is 4.08. The highest BCUT2D eigenvalue weighted by Gasteiger charge is 2.28. The molecule has 1 aliphatic heterocycles. The van der Waals surface area contributed by atoms with Crippen molar-refractivity contribution in [1.29, 1.82) is 0 Å². The fourth-order valence-corrected chi connectivity index (χ4v) is 2.64. The molecule has 6 heteroatoms. The molecule has 5 nitrogen and oxygen atoms in total. The Morgan fingerprint density at radius 1 is 1.50 bits per heavy atom. The lowest BCUT2D eigenvalue weighted by Gasteiger charge is -2.24. The molecule has 0 spiro atoms. The van der Waals surface area contributed by atoms with Crippen LogP contribution in [0.3, 0.4) is 0 Å². The SMILES string of the molecule is Cn1cc(N2CCc3ncsc3C2=O)cn1. The second kappa shape index (κ2) is 3.41. The third-order valence-electron chi connectivity index (χ3n) is 2.66. The summed E-state index contributed by atoms with van der Waals surface area (Å²) < 4.78 is 1.70. The molecule has 1 amide bonds. The molecule has 0 atom stereocenters. The van der Waals surface area contributed by atoms with Crippen molar-refractivity contribution in [1.82, 2.24) is 14.8 Å². The van der Waals surface area contributed by atoms with Crippen LogP contribution in [0.25, 0.3) is 0 Å². The van der Waals surface area contributed by atoms with Gasteiger partial charge in [-0.1, -0.05) is 0 Å². The molecule has 0 aromatic carbocycles. The highest BCUT2D eigenvalue weighted by molar-refractivity contribution is 7.12. The Labute approximate surface area is 96.3 Å². The molecule has 16 heavy (non-hydrogen) atoms. The fraction of sp³-hybridized carbons (Fsp3) is 0.300. The van der Waals surface area contributed by atoms with Gasteiger partial charge in [-0.05, 0) is 0 Å². The van der Waals surface area contributed by atoms with Crippen molar-refractivity contribution in [3.63, 3.8) is 0 Å². The van der Waals surface area contributed by atoms with Crippen LogP contribution in [0.1, 0.15) is 15.4 Å². The van der Waals surface area contributed by atoms with E-state index in [1.807, 2.05) is 13.2 Å². The number of amides is 1. The van der Waals surface area contributed by atoms with E-state index in [1.165, 1.54) is 11.3 Å². The van der Waals surface area contributed by atoms with Crippen LogP contribution < -0.4 is 4.90 Å².